The van der Waals surface area contributed by atoms with E-state index in [4.69, 9.17) is 27.7 Å². The third-order valence-corrected chi connectivity index (χ3v) is 9.46. The van der Waals surface area contributed by atoms with E-state index in [1.54, 1.807) is 11.0 Å². The summed E-state index contributed by atoms with van der Waals surface area (Å²) in [4.78, 5) is 30.3. The SMILES string of the molecule is Cc1cc(Oc2ccccc2)ccc1C1(N)C(=O)C(N)C2c3c1ccc(N)c3SC2C(=O)N1CCC(N)C1. The minimum Gasteiger partial charge on any atom is -0.457 e. The smallest absolute Gasteiger partial charge is 0.236 e. The Kier molecular flexibility index (Phi) is 5.99. The lowest BCUT2D eigenvalue weighted by atomic mass is 9.64. The van der Waals surface area contributed by atoms with Crippen molar-refractivity contribution in [1.82, 2.24) is 4.90 Å². The summed E-state index contributed by atoms with van der Waals surface area (Å²) in [6.45, 7) is 3.01. The zero-order chi connectivity index (χ0) is 26.8. The molecule has 6 rings (SSSR count). The molecular formula is C29H31N5O3S. The Labute approximate surface area is 225 Å². The molecule has 3 aliphatic rings. The molecule has 0 radical (unpaired) electrons. The Balaban J connectivity index is 1.41. The van der Waals surface area contributed by atoms with Gasteiger partial charge in [0.1, 0.15) is 17.0 Å². The van der Waals surface area contributed by atoms with Crippen LogP contribution in [0.15, 0.2) is 65.6 Å². The molecule has 38 heavy (non-hydrogen) atoms. The second-order valence-corrected chi connectivity index (χ2v) is 11.6. The molecule has 3 aromatic carbocycles. The van der Waals surface area contributed by atoms with E-state index in [0.717, 1.165) is 22.4 Å². The van der Waals surface area contributed by atoms with E-state index in [0.29, 0.717) is 41.4 Å². The molecule has 1 fully saturated rings. The van der Waals surface area contributed by atoms with Gasteiger partial charge in [-0.3, -0.25) is 9.59 Å². The molecule has 0 aromatic heterocycles. The van der Waals surface area contributed by atoms with E-state index >= 15 is 0 Å². The molecule has 196 valence electrons. The zero-order valence-electron chi connectivity index (χ0n) is 21.1. The molecule has 5 unspecified atom stereocenters. The van der Waals surface area contributed by atoms with Crippen molar-refractivity contribution in [2.75, 3.05) is 18.8 Å². The fourth-order valence-corrected chi connectivity index (χ4v) is 7.65. The van der Waals surface area contributed by atoms with Crippen molar-refractivity contribution in [2.45, 2.75) is 47.0 Å². The fourth-order valence-electron chi connectivity index (χ4n) is 6.12. The summed E-state index contributed by atoms with van der Waals surface area (Å²) in [7, 11) is 0. The van der Waals surface area contributed by atoms with Gasteiger partial charge >= 0.3 is 0 Å². The predicted octanol–water partition coefficient (Wildman–Crippen LogP) is 2.60. The summed E-state index contributed by atoms with van der Waals surface area (Å²) in [5.41, 5.74) is 28.2. The van der Waals surface area contributed by atoms with Crippen LogP contribution in [0.5, 0.6) is 11.5 Å². The number of anilines is 1. The first kappa shape index (κ1) is 24.9. The average molecular weight is 530 g/mol. The largest absolute Gasteiger partial charge is 0.457 e. The van der Waals surface area contributed by atoms with Gasteiger partial charge in [-0.05, 0) is 65.9 Å². The van der Waals surface area contributed by atoms with Crippen LogP contribution in [0.2, 0.25) is 0 Å². The molecule has 0 saturated carbocycles. The molecule has 8 N–H and O–H groups in total. The molecule has 9 heteroatoms. The number of aryl methyl sites for hydroxylation is 1. The third kappa shape index (κ3) is 3.72. The van der Waals surface area contributed by atoms with Gasteiger partial charge in [-0.15, -0.1) is 11.8 Å². The van der Waals surface area contributed by atoms with Gasteiger partial charge in [0.25, 0.3) is 0 Å². The number of benzene rings is 3. The lowest BCUT2D eigenvalue weighted by Crippen LogP contribution is -2.60. The highest BCUT2D eigenvalue weighted by Gasteiger charge is 2.57. The van der Waals surface area contributed by atoms with Crippen LogP contribution in [0.3, 0.4) is 0 Å². The van der Waals surface area contributed by atoms with E-state index in [1.807, 2.05) is 61.5 Å². The summed E-state index contributed by atoms with van der Waals surface area (Å²) in [6.07, 6.45) is 0.758. The lowest BCUT2D eigenvalue weighted by Gasteiger charge is -2.42. The molecule has 1 aliphatic carbocycles. The molecular weight excluding hydrogens is 498 g/mol. The van der Waals surface area contributed by atoms with E-state index in [1.165, 1.54) is 11.8 Å². The first-order valence-corrected chi connectivity index (χ1v) is 13.6. The molecule has 1 saturated heterocycles. The summed E-state index contributed by atoms with van der Waals surface area (Å²) in [5, 5.41) is -0.551. The van der Waals surface area contributed by atoms with E-state index < -0.39 is 22.7 Å². The molecule has 3 aromatic rings. The number of hydrogen-bond donors (Lipinski definition) is 4. The van der Waals surface area contributed by atoms with Crippen LogP contribution in [0.1, 0.15) is 34.6 Å². The quantitative estimate of drug-likeness (QED) is 0.377. The number of Topliss-reactive ketones (excluding diaryl/α,β-unsaturated/α-hetero) is 1. The number of nitrogens with zero attached hydrogens (tertiary/aromatic N) is 1. The first-order valence-electron chi connectivity index (χ1n) is 12.8. The number of ketones is 1. The maximum atomic E-state index is 14.1. The summed E-state index contributed by atoms with van der Waals surface area (Å²) < 4.78 is 5.99. The number of para-hydroxylation sites is 1. The number of nitrogen functional groups attached to an aromatic ring is 1. The lowest BCUT2D eigenvalue weighted by molar-refractivity contribution is -0.130. The summed E-state index contributed by atoms with van der Waals surface area (Å²) in [6, 6.07) is 17.6. The molecule has 8 nitrogen and oxygen atoms in total. The van der Waals surface area contributed by atoms with Crippen LogP contribution in [0, 0.1) is 6.92 Å². The molecule has 0 spiro atoms. The molecule has 2 heterocycles. The van der Waals surface area contributed by atoms with Crippen molar-refractivity contribution in [3.05, 3.63) is 82.9 Å². The van der Waals surface area contributed by atoms with Crippen molar-refractivity contribution in [3.8, 4) is 11.5 Å². The van der Waals surface area contributed by atoms with Crippen LogP contribution in [0.25, 0.3) is 0 Å². The van der Waals surface area contributed by atoms with Crippen LogP contribution < -0.4 is 27.7 Å². The van der Waals surface area contributed by atoms with Gasteiger partial charge in [-0.2, -0.15) is 0 Å². The standard InChI is InChI=1S/C29H31N5O3S/c1-15-13-18(37-17-5-3-2-4-6-17)7-8-19(15)29(33)20-9-10-21(31)25-22(20)23(24(32)27(29)35)26(38-25)28(36)34-12-11-16(30)14-34/h2-10,13,16,23-24,26H,11-12,14,30-33H2,1H3. The van der Waals surface area contributed by atoms with Crippen molar-refractivity contribution >= 4 is 29.1 Å². The molecule has 0 bridgehead atoms. The highest BCUT2D eigenvalue weighted by molar-refractivity contribution is 8.01. The number of carbonyl (C=O) groups excluding carboxylic acids is 2. The van der Waals surface area contributed by atoms with Crippen LogP contribution in [-0.4, -0.2) is 47.0 Å². The van der Waals surface area contributed by atoms with E-state index in [9.17, 15) is 9.59 Å². The number of hydrogen-bond acceptors (Lipinski definition) is 8. The molecule has 5 atom stereocenters. The van der Waals surface area contributed by atoms with Gasteiger partial charge in [-0.25, -0.2) is 0 Å². The van der Waals surface area contributed by atoms with Crippen LogP contribution in [-0.2, 0) is 15.1 Å². The minimum absolute atomic E-state index is 0.0384. The zero-order valence-corrected chi connectivity index (χ0v) is 21.9. The van der Waals surface area contributed by atoms with Gasteiger partial charge < -0.3 is 32.6 Å². The Morgan fingerprint density at radius 2 is 1.79 bits per heavy atom. The first-order chi connectivity index (χ1) is 18.2. The third-order valence-electron chi connectivity index (χ3n) is 8.02. The number of amides is 1. The van der Waals surface area contributed by atoms with Crippen LogP contribution >= 0.6 is 11.8 Å². The Hall–Kier alpha value is -3.37. The Morgan fingerprint density at radius 3 is 2.47 bits per heavy atom. The second-order valence-electron chi connectivity index (χ2n) is 10.4. The minimum atomic E-state index is -1.49. The number of likely N-dealkylation sites (tertiary alicyclic amines) is 1. The van der Waals surface area contributed by atoms with Crippen molar-refractivity contribution in [1.29, 1.82) is 0 Å². The number of ether oxygens (including phenoxy) is 1. The average Bonchev–Trinajstić information content (AvgIpc) is 3.52. The highest BCUT2D eigenvalue weighted by Crippen LogP contribution is 2.57. The van der Waals surface area contributed by atoms with Gasteiger partial charge in [-0.1, -0.05) is 30.3 Å². The van der Waals surface area contributed by atoms with Gasteiger partial charge in [0.2, 0.25) is 5.91 Å². The normalized spacial score (nSPS) is 27.9. The Morgan fingerprint density at radius 1 is 1.05 bits per heavy atom. The number of thioether (sulfide) groups is 1. The predicted molar refractivity (Wildman–Crippen MR) is 148 cm³/mol. The topological polar surface area (TPSA) is 151 Å². The highest BCUT2D eigenvalue weighted by atomic mass is 32.2. The Bertz CT molecular complexity index is 1450. The van der Waals surface area contributed by atoms with Crippen molar-refractivity contribution in [3.63, 3.8) is 0 Å². The maximum Gasteiger partial charge on any atom is 0.236 e. The molecule has 1 amide bonds. The fraction of sp³-hybridized carbons (Fsp3) is 0.310. The van der Waals surface area contributed by atoms with E-state index in [-0.39, 0.29) is 17.7 Å². The van der Waals surface area contributed by atoms with E-state index in [2.05, 4.69) is 0 Å². The van der Waals surface area contributed by atoms with Crippen LogP contribution in [0.4, 0.5) is 5.69 Å². The second kappa shape index (κ2) is 9.13. The monoisotopic (exact) mass is 529 g/mol. The summed E-state index contributed by atoms with van der Waals surface area (Å²) >= 11 is 1.39. The number of rotatable bonds is 4. The van der Waals surface area contributed by atoms with Crippen molar-refractivity contribution in [2.24, 2.45) is 17.2 Å². The van der Waals surface area contributed by atoms with Gasteiger partial charge in [0, 0.05) is 35.6 Å². The van der Waals surface area contributed by atoms with Gasteiger partial charge in [0.05, 0.1) is 11.3 Å². The summed E-state index contributed by atoms with van der Waals surface area (Å²) in [5.74, 6) is 0.468. The molecule has 2 aliphatic heterocycles. The number of carbonyl (C=O) groups is 2. The number of nitrogens with two attached hydrogens (primary N) is 4. The van der Waals surface area contributed by atoms with Gasteiger partial charge in [0.15, 0.2) is 5.78 Å². The maximum absolute atomic E-state index is 14.1. The van der Waals surface area contributed by atoms with Crippen molar-refractivity contribution < 1.29 is 14.3 Å².